The molecule has 0 aliphatic heterocycles. The minimum atomic E-state index is -0.148. The molecule has 182 valence electrons. The van der Waals surface area contributed by atoms with Gasteiger partial charge in [-0.25, -0.2) is 4.57 Å². The molecule has 36 heavy (non-hydrogen) atoms. The van der Waals surface area contributed by atoms with Crippen LogP contribution in [0.4, 0.5) is 0 Å². The van der Waals surface area contributed by atoms with E-state index in [-0.39, 0.29) is 17.2 Å². The first-order chi connectivity index (χ1) is 17.3. The molecule has 0 radical (unpaired) electrons. The molecule has 2 heterocycles. The summed E-state index contributed by atoms with van der Waals surface area (Å²) in [5.74, 6) is 0.628. The molecule has 0 fully saturated rings. The van der Waals surface area contributed by atoms with Crippen LogP contribution in [0.2, 0.25) is 0 Å². The number of amides is 1. The summed E-state index contributed by atoms with van der Waals surface area (Å²) in [5, 5.41) is 9.94. The smallest absolute Gasteiger partial charge is 0.267 e. The van der Waals surface area contributed by atoms with Gasteiger partial charge in [-0.2, -0.15) is 0 Å². The first-order valence-electron chi connectivity index (χ1n) is 11.7. The van der Waals surface area contributed by atoms with Gasteiger partial charge >= 0.3 is 0 Å². The second kappa shape index (κ2) is 9.62. The van der Waals surface area contributed by atoms with Gasteiger partial charge in [0.2, 0.25) is 11.7 Å². The molecule has 7 nitrogen and oxygen atoms in total. The molecule has 8 heteroatoms. The summed E-state index contributed by atoms with van der Waals surface area (Å²) in [5.41, 5.74) is 5.63. The topological polar surface area (TPSA) is 72.5 Å². The minimum Gasteiger partial charge on any atom is -0.341 e. The zero-order valence-electron chi connectivity index (χ0n) is 20.7. The number of aromatic nitrogens is 4. The van der Waals surface area contributed by atoms with Crippen molar-refractivity contribution in [2.45, 2.75) is 32.5 Å². The van der Waals surface area contributed by atoms with Crippen molar-refractivity contribution < 1.29 is 4.79 Å². The third-order valence-electron chi connectivity index (χ3n) is 6.42. The molecule has 5 aromatic rings. The Morgan fingerprint density at radius 2 is 1.69 bits per heavy atom. The molecule has 2 aromatic heterocycles. The Kier molecular flexibility index (Phi) is 6.36. The van der Waals surface area contributed by atoms with Crippen LogP contribution in [-0.2, 0) is 11.3 Å². The summed E-state index contributed by atoms with van der Waals surface area (Å²) in [6.07, 6.45) is 0. The van der Waals surface area contributed by atoms with Crippen LogP contribution in [0.5, 0.6) is 0 Å². The van der Waals surface area contributed by atoms with E-state index >= 15 is 0 Å². The van der Waals surface area contributed by atoms with Crippen LogP contribution in [0.1, 0.15) is 22.3 Å². The van der Waals surface area contributed by atoms with Crippen molar-refractivity contribution >= 4 is 34.3 Å². The molecular formula is C28H27N5O2S. The highest BCUT2D eigenvalue weighted by Gasteiger charge is 2.20. The fourth-order valence-corrected chi connectivity index (χ4v) is 5.20. The van der Waals surface area contributed by atoms with Crippen molar-refractivity contribution in [3.63, 3.8) is 0 Å². The molecule has 0 bridgehead atoms. The monoisotopic (exact) mass is 497 g/mol. The van der Waals surface area contributed by atoms with Gasteiger partial charge in [-0.1, -0.05) is 60.3 Å². The number of para-hydroxylation sites is 1. The van der Waals surface area contributed by atoms with Gasteiger partial charge in [0.15, 0.2) is 5.16 Å². The molecule has 0 N–H and O–H groups in total. The molecule has 3 aromatic carbocycles. The van der Waals surface area contributed by atoms with E-state index in [4.69, 9.17) is 0 Å². The predicted molar refractivity (Wildman–Crippen MR) is 144 cm³/mol. The standard InChI is InChI=1S/C28H27N5O2S/c1-18-13-14-20(3)24(15-18)32-26(35)22-11-7-8-12-23(22)33-27(32)29-30-28(33)36-17-25(34)31(4)16-21-10-6-5-9-19(21)2/h5-15H,16-17H2,1-4H3. The van der Waals surface area contributed by atoms with Crippen LogP contribution in [-0.4, -0.2) is 42.8 Å². The van der Waals surface area contributed by atoms with Crippen LogP contribution < -0.4 is 5.56 Å². The number of fused-ring (bicyclic) bond motifs is 3. The van der Waals surface area contributed by atoms with Crippen LogP contribution in [0.3, 0.4) is 0 Å². The number of hydrogen-bond acceptors (Lipinski definition) is 5. The van der Waals surface area contributed by atoms with Crippen molar-refractivity contribution in [1.29, 1.82) is 0 Å². The number of carbonyl (C=O) groups is 1. The minimum absolute atomic E-state index is 0.00726. The van der Waals surface area contributed by atoms with E-state index < -0.39 is 0 Å². The Hall–Kier alpha value is -3.91. The van der Waals surface area contributed by atoms with Gasteiger partial charge in [-0.3, -0.25) is 14.0 Å². The van der Waals surface area contributed by atoms with Gasteiger partial charge < -0.3 is 4.90 Å². The Bertz CT molecular complexity index is 1670. The number of hydrogen-bond donors (Lipinski definition) is 0. The molecule has 0 unspecified atom stereocenters. The highest BCUT2D eigenvalue weighted by molar-refractivity contribution is 7.99. The highest BCUT2D eigenvalue weighted by Crippen LogP contribution is 2.25. The van der Waals surface area contributed by atoms with Crippen LogP contribution in [0, 0.1) is 20.8 Å². The zero-order chi connectivity index (χ0) is 25.4. The average molecular weight is 498 g/mol. The molecule has 0 spiro atoms. The fourth-order valence-electron chi connectivity index (χ4n) is 4.32. The maximum absolute atomic E-state index is 13.6. The SMILES string of the molecule is Cc1ccc(C)c(-n2c(=O)c3ccccc3n3c(SCC(=O)N(C)Cc4ccccc4C)nnc23)c1. The van der Waals surface area contributed by atoms with Crippen molar-refractivity contribution in [2.75, 3.05) is 12.8 Å². The molecule has 0 aliphatic carbocycles. The lowest BCUT2D eigenvalue weighted by atomic mass is 10.1. The number of aryl methyl sites for hydroxylation is 3. The van der Waals surface area contributed by atoms with Crippen molar-refractivity contribution in [3.8, 4) is 5.69 Å². The maximum Gasteiger partial charge on any atom is 0.267 e. The number of rotatable bonds is 6. The lowest BCUT2D eigenvalue weighted by Crippen LogP contribution is -2.28. The predicted octanol–water partition coefficient (Wildman–Crippen LogP) is 4.71. The van der Waals surface area contributed by atoms with E-state index in [9.17, 15) is 9.59 Å². The molecule has 5 rings (SSSR count). The van der Waals surface area contributed by atoms with Gasteiger partial charge in [0.25, 0.3) is 5.56 Å². The summed E-state index contributed by atoms with van der Waals surface area (Å²) >= 11 is 1.32. The Morgan fingerprint density at radius 1 is 0.944 bits per heavy atom. The van der Waals surface area contributed by atoms with E-state index in [1.165, 1.54) is 11.8 Å². The van der Waals surface area contributed by atoms with Crippen LogP contribution in [0.25, 0.3) is 22.4 Å². The third kappa shape index (κ3) is 4.28. The van der Waals surface area contributed by atoms with Gasteiger partial charge in [0.1, 0.15) is 0 Å². The largest absolute Gasteiger partial charge is 0.341 e. The van der Waals surface area contributed by atoms with Crippen LogP contribution in [0.15, 0.2) is 76.7 Å². The summed E-state index contributed by atoms with van der Waals surface area (Å²) in [6.45, 7) is 6.56. The van der Waals surface area contributed by atoms with Crippen molar-refractivity contribution in [3.05, 3.63) is 99.3 Å². The van der Waals surface area contributed by atoms with Gasteiger partial charge in [-0.05, 0) is 61.2 Å². The van der Waals surface area contributed by atoms with E-state index in [1.807, 2.05) is 98.9 Å². The van der Waals surface area contributed by atoms with E-state index in [0.717, 1.165) is 27.9 Å². The Morgan fingerprint density at radius 3 is 2.50 bits per heavy atom. The molecule has 1 amide bonds. The first-order valence-corrected chi connectivity index (χ1v) is 12.7. The second-order valence-electron chi connectivity index (χ2n) is 9.03. The molecule has 0 saturated heterocycles. The summed E-state index contributed by atoms with van der Waals surface area (Å²) < 4.78 is 3.49. The quantitative estimate of drug-likeness (QED) is 0.318. The lowest BCUT2D eigenvalue weighted by Gasteiger charge is -2.18. The summed E-state index contributed by atoms with van der Waals surface area (Å²) in [7, 11) is 1.81. The maximum atomic E-state index is 13.6. The Labute approximate surface area is 213 Å². The molecule has 0 saturated carbocycles. The lowest BCUT2D eigenvalue weighted by molar-refractivity contribution is -0.127. The summed E-state index contributed by atoms with van der Waals surface area (Å²) in [4.78, 5) is 28.3. The number of benzene rings is 3. The van der Waals surface area contributed by atoms with Crippen LogP contribution >= 0.6 is 11.8 Å². The summed E-state index contributed by atoms with van der Waals surface area (Å²) in [6, 6.07) is 21.5. The molecule has 0 atom stereocenters. The van der Waals surface area contributed by atoms with Gasteiger partial charge in [-0.15, -0.1) is 10.2 Å². The number of carbonyl (C=O) groups excluding carboxylic acids is 1. The average Bonchev–Trinajstić information content (AvgIpc) is 3.30. The first kappa shape index (κ1) is 23.8. The van der Waals surface area contributed by atoms with E-state index in [2.05, 4.69) is 10.2 Å². The molecule has 0 aliphatic rings. The normalized spacial score (nSPS) is 11.3. The Balaban J connectivity index is 1.53. The van der Waals surface area contributed by atoms with E-state index in [1.54, 1.807) is 9.47 Å². The number of thioether (sulfide) groups is 1. The van der Waals surface area contributed by atoms with Crippen molar-refractivity contribution in [1.82, 2.24) is 24.1 Å². The zero-order valence-corrected chi connectivity index (χ0v) is 21.5. The fraction of sp³-hybridized carbons (Fsp3) is 0.214. The van der Waals surface area contributed by atoms with Gasteiger partial charge in [0, 0.05) is 13.6 Å². The van der Waals surface area contributed by atoms with E-state index in [0.29, 0.717) is 28.4 Å². The molecular weight excluding hydrogens is 470 g/mol. The number of nitrogens with zero attached hydrogens (tertiary/aromatic N) is 5. The third-order valence-corrected chi connectivity index (χ3v) is 7.33. The second-order valence-corrected chi connectivity index (χ2v) is 9.97. The highest BCUT2D eigenvalue weighted by atomic mass is 32.2. The van der Waals surface area contributed by atoms with Gasteiger partial charge in [0.05, 0.1) is 22.3 Å². The van der Waals surface area contributed by atoms with Crippen molar-refractivity contribution in [2.24, 2.45) is 0 Å².